The molecule has 0 radical (unpaired) electrons. The molecule has 0 aromatic heterocycles. The Hall–Kier alpha value is -2.00. The van der Waals surface area contributed by atoms with E-state index in [1.807, 2.05) is 18.2 Å². The number of ether oxygens (including phenoxy) is 1. The number of rotatable bonds is 4. The van der Waals surface area contributed by atoms with Crippen molar-refractivity contribution in [3.8, 4) is 17.2 Å². The van der Waals surface area contributed by atoms with Crippen LogP contribution in [0.5, 0.6) is 17.2 Å². The van der Waals surface area contributed by atoms with Gasteiger partial charge in [-0.15, -0.1) is 11.6 Å². The lowest BCUT2D eigenvalue weighted by atomic mass is 10.1. The highest BCUT2D eigenvalue weighted by atomic mass is 35.5. The number of phenols is 1. The summed E-state index contributed by atoms with van der Waals surface area (Å²) in [4.78, 5) is 11.5. The van der Waals surface area contributed by atoms with E-state index >= 15 is 0 Å². The molecule has 2 rings (SSSR count). The number of phenolic OH excluding ortho intramolecular Hbond substituents is 1. The Bertz CT molecular complexity index is 552. The number of ketones is 1. The van der Waals surface area contributed by atoms with Crippen LogP contribution in [0.25, 0.3) is 0 Å². The molecule has 0 aliphatic heterocycles. The third-order valence-electron chi connectivity index (χ3n) is 2.37. The number of benzene rings is 2. The Labute approximate surface area is 110 Å². The van der Waals surface area contributed by atoms with Gasteiger partial charge in [0.25, 0.3) is 0 Å². The molecule has 0 spiro atoms. The molecule has 0 saturated carbocycles. The highest BCUT2D eigenvalue weighted by molar-refractivity contribution is 6.30. The fraction of sp³-hybridized carbons (Fsp3) is 0.0714. The number of Topliss-reactive ketones (excluding diaryl/α,β-unsaturated/α-hetero) is 1. The zero-order valence-corrected chi connectivity index (χ0v) is 10.2. The summed E-state index contributed by atoms with van der Waals surface area (Å²) in [6, 6.07) is 13.7. The molecule has 2 aromatic carbocycles. The molecule has 0 aliphatic carbocycles. The van der Waals surface area contributed by atoms with Crippen LogP contribution >= 0.6 is 11.6 Å². The minimum absolute atomic E-state index is 0.0962. The Morgan fingerprint density at radius 2 is 1.83 bits per heavy atom. The largest absolute Gasteiger partial charge is 0.507 e. The number of hydrogen-bond donors (Lipinski definition) is 1. The summed E-state index contributed by atoms with van der Waals surface area (Å²) >= 11 is 5.47. The highest BCUT2D eigenvalue weighted by Crippen LogP contribution is 2.27. The zero-order valence-electron chi connectivity index (χ0n) is 9.47. The van der Waals surface area contributed by atoms with Crippen molar-refractivity contribution in [2.75, 3.05) is 5.88 Å². The van der Waals surface area contributed by atoms with Crippen molar-refractivity contribution in [3.05, 3.63) is 54.1 Å². The van der Waals surface area contributed by atoms with Crippen LogP contribution in [-0.4, -0.2) is 16.8 Å². The van der Waals surface area contributed by atoms with Crippen LogP contribution in [0.15, 0.2) is 48.5 Å². The van der Waals surface area contributed by atoms with Crippen molar-refractivity contribution >= 4 is 17.4 Å². The molecule has 18 heavy (non-hydrogen) atoms. The highest BCUT2D eigenvalue weighted by Gasteiger charge is 2.11. The molecule has 92 valence electrons. The van der Waals surface area contributed by atoms with E-state index in [9.17, 15) is 9.90 Å². The van der Waals surface area contributed by atoms with E-state index in [0.29, 0.717) is 11.5 Å². The molecular formula is C14H11ClO3. The van der Waals surface area contributed by atoms with Gasteiger partial charge in [0, 0.05) is 0 Å². The number of aromatic hydroxyl groups is 1. The number of hydrogen-bond acceptors (Lipinski definition) is 3. The maximum atomic E-state index is 11.5. The van der Waals surface area contributed by atoms with Gasteiger partial charge in [-0.2, -0.15) is 0 Å². The number of carbonyl (C=O) groups excluding carboxylic acids is 1. The number of carbonyl (C=O) groups is 1. The normalized spacial score (nSPS) is 10.1. The lowest BCUT2D eigenvalue weighted by molar-refractivity contribution is 0.101. The van der Waals surface area contributed by atoms with Crippen molar-refractivity contribution in [1.29, 1.82) is 0 Å². The second kappa shape index (κ2) is 5.56. The molecule has 0 saturated heterocycles. The lowest BCUT2D eigenvalue weighted by Crippen LogP contribution is -2.00. The maximum Gasteiger partial charge on any atom is 0.181 e. The summed E-state index contributed by atoms with van der Waals surface area (Å²) in [7, 11) is 0. The Kier molecular flexibility index (Phi) is 3.85. The van der Waals surface area contributed by atoms with Gasteiger partial charge in [0.1, 0.15) is 17.2 Å². The van der Waals surface area contributed by atoms with E-state index in [1.165, 1.54) is 12.1 Å². The van der Waals surface area contributed by atoms with Crippen LogP contribution < -0.4 is 4.74 Å². The molecule has 0 bridgehead atoms. The second-order valence-electron chi connectivity index (χ2n) is 3.65. The first-order chi connectivity index (χ1) is 8.70. The van der Waals surface area contributed by atoms with Gasteiger partial charge in [-0.1, -0.05) is 18.2 Å². The smallest absolute Gasteiger partial charge is 0.181 e. The van der Waals surface area contributed by atoms with Gasteiger partial charge in [0.05, 0.1) is 11.4 Å². The lowest BCUT2D eigenvalue weighted by Gasteiger charge is -2.08. The summed E-state index contributed by atoms with van der Waals surface area (Å²) in [6.07, 6.45) is 0. The molecular weight excluding hydrogens is 252 g/mol. The molecule has 4 heteroatoms. The molecule has 0 fully saturated rings. The van der Waals surface area contributed by atoms with Crippen molar-refractivity contribution in [2.24, 2.45) is 0 Å². The maximum absolute atomic E-state index is 11.5. The standard InChI is InChI=1S/C14H11ClO3/c15-9-14(17)12-8-11(6-7-13(12)16)18-10-4-2-1-3-5-10/h1-8,16H,9H2. The Morgan fingerprint density at radius 1 is 1.11 bits per heavy atom. The van der Waals surface area contributed by atoms with E-state index in [2.05, 4.69) is 0 Å². The fourth-order valence-corrected chi connectivity index (χ4v) is 1.64. The van der Waals surface area contributed by atoms with Gasteiger partial charge in [-0.3, -0.25) is 4.79 Å². The van der Waals surface area contributed by atoms with Gasteiger partial charge >= 0.3 is 0 Å². The SMILES string of the molecule is O=C(CCl)c1cc(Oc2ccccc2)ccc1O. The molecule has 3 nitrogen and oxygen atoms in total. The van der Waals surface area contributed by atoms with Crippen LogP contribution in [0, 0.1) is 0 Å². The summed E-state index contributed by atoms with van der Waals surface area (Å²) in [6.45, 7) is 0. The van der Waals surface area contributed by atoms with Crippen molar-refractivity contribution in [2.45, 2.75) is 0 Å². The molecule has 0 amide bonds. The number of halogens is 1. The van der Waals surface area contributed by atoms with Crippen molar-refractivity contribution < 1.29 is 14.6 Å². The summed E-state index contributed by atoms with van der Waals surface area (Å²) in [5.41, 5.74) is 0.165. The van der Waals surface area contributed by atoms with E-state index in [4.69, 9.17) is 16.3 Å². The molecule has 0 atom stereocenters. The molecule has 0 heterocycles. The average molecular weight is 263 g/mol. The monoisotopic (exact) mass is 262 g/mol. The van der Waals surface area contributed by atoms with Gasteiger partial charge in [0.15, 0.2) is 5.78 Å². The van der Waals surface area contributed by atoms with Crippen LogP contribution in [0.3, 0.4) is 0 Å². The molecule has 1 N–H and O–H groups in total. The predicted molar refractivity (Wildman–Crippen MR) is 69.7 cm³/mol. The van der Waals surface area contributed by atoms with Crippen LogP contribution in [-0.2, 0) is 0 Å². The first kappa shape index (κ1) is 12.5. The molecule has 0 unspecified atom stereocenters. The minimum Gasteiger partial charge on any atom is -0.507 e. The second-order valence-corrected chi connectivity index (χ2v) is 3.92. The summed E-state index contributed by atoms with van der Waals surface area (Å²) in [5, 5.41) is 9.57. The third kappa shape index (κ3) is 2.81. The minimum atomic E-state index is -0.340. The Morgan fingerprint density at radius 3 is 2.50 bits per heavy atom. The predicted octanol–water partition coefficient (Wildman–Crippen LogP) is 3.61. The summed E-state index contributed by atoms with van der Waals surface area (Å²) in [5.74, 6) is 0.524. The van der Waals surface area contributed by atoms with Crippen LogP contribution in [0.4, 0.5) is 0 Å². The van der Waals surface area contributed by atoms with Crippen LogP contribution in [0.1, 0.15) is 10.4 Å². The van der Waals surface area contributed by atoms with Gasteiger partial charge in [-0.05, 0) is 30.3 Å². The number of para-hydroxylation sites is 1. The topological polar surface area (TPSA) is 46.5 Å². The fourth-order valence-electron chi connectivity index (χ4n) is 1.50. The van der Waals surface area contributed by atoms with Crippen LogP contribution in [0.2, 0.25) is 0 Å². The van der Waals surface area contributed by atoms with Gasteiger partial charge in [-0.25, -0.2) is 0 Å². The third-order valence-corrected chi connectivity index (χ3v) is 2.61. The van der Waals surface area contributed by atoms with Crippen molar-refractivity contribution in [1.82, 2.24) is 0 Å². The quantitative estimate of drug-likeness (QED) is 0.676. The van der Waals surface area contributed by atoms with Crippen molar-refractivity contribution in [3.63, 3.8) is 0 Å². The van der Waals surface area contributed by atoms with Gasteiger partial charge < -0.3 is 9.84 Å². The first-order valence-corrected chi connectivity index (χ1v) is 5.89. The summed E-state index contributed by atoms with van der Waals surface area (Å²) < 4.78 is 5.56. The zero-order chi connectivity index (χ0) is 13.0. The number of alkyl halides is 1. The van der Waals surface area contributed by atoms with Gasteiger partial charge in [0.2, 0.25) is 0 Å². The van der Waals surface area contributed by atoms with E-state index in [0.717, 1.165) is 0 Å². The van der Waals surface area contributed by atoms with E-state index < -0.39 is 0 Å². The average Bonchev–Trinajstić information content (AvgIpc) is 2.41. The molecule has 2 aromatic rings. The van der Waals surface area contributed by atoms with E-state index in [-0.39, 0.29) is 23.0 Å². The Balaban J connectivity index is 2.27. The van der Waals surface area contributed by atoms with E-state index in [1.54, 1.807) is 18.2 Å². The molecule has 0 aliphatic rings. The first-order valence-electron chi connectivity index (χ1n) is 5.36.